The molecule has 0 saturated heterocycles. The monoisotopic (exact) mass is 347 g/mol. The quantitative estimate of drug-likeness (QED) is 0.724. The smallest absolute Gasteiger partial charge is 0.221 e. The first kappa shape index (κ1) is 18.3. The topological polar surface area (TPSA) is 127 Å². The number of hydrogen-bond donors (Lipinski definition) is 2. The van der Waals surface area contributed by atoms with Gasteiger partial charge in [0.25, 0.3) is 0 Å². The number of nitrogens with two attached hydrogens (primary N) is 2. The minimum absolute atomic E-state index is 0.00542. The van der Waals surface area contributed by atoms with Crippen molar-refractivity contribution in [2.45, 2.75) is 19.3 Å². The highest BCUT2D eigenvalue weighted by atomic mass is 16.5. The van der Waals surface area contributed by atoms with Crippen LogP contribution in [0.1, 0.15) is 17.7 Å². The SMILES string of the molecule is COc1cc2nc(CCC(N)=O)c(CC(N)=O)cc2c(OC)c1OC. The summed E-state index contributed by atoms with van der Waals surface area (Å²) in [4.78, 5) is 27.1. The van der Waals surface area contributed by atoms with E-state index in [1.807, 2.05) is 0 Å². The van der Waals surface area contributed by atoms with E-state index in [-0.39, 0.29) is 12.8 Å². The average Bonchev–Trinajstić information content (AvgIpc) is 2.57. The molecule has 0 radical (unpaired) electrons. The molecular weight excluding hydrogens is 326 g/mol. The Morgan fingerprint density at radius 1 is 1.00 bits per heavy atom. The van der Waals surface area contributed by atoms with E-state index < -0.39 is 11.8 Å². The summed E-state index contributed by atoms with van der Waals surface area (Å²) in [6.07, 6.45) is 0.424. The van der Waals surface area contributed by atoms with Gasteiger partial charge in [-0.3, -0.25) is 14.6 Å². The number of pyridine rings is 1. The number of amides is 2. The number of nitrogens with zero attached hydrogens (tertiary/aromatic N) is 1. The molecule has 0 aliphatic carbocycles. The third-order valence-electron chi connectivity index (χ3n) is 3.76. The molecule has 0 unspecified atom stereocenters. The van der Waals surface area contributed by atoms with Crippen molar-refractivity contribution in [2.24, 2.45) is 11.5 Å². The number of ether oxygens (including phenoxy) is 3. The van der Waals surface area contributed by atoms with E-state index in [0.29, 0.717) is 45.8 Å². The van der Waals surface area contributed by atoms with Gasteiger partial charge in [0.15, 0.2) is 11.5 Å². The summed E-state index contributed by atoms with van der Waals surface area (Å²) in [5, 5.41) is 0.652. The molecule has 8 nitrogen and oxygen atoms in total. The van der Waals surface area contributed by atoms with Crippen molar-refractivity contribution < 1.29 is 23.8 Å². The van der Waals surface area contributed by atoms with Crippen LogP contribution in [0.3, 0.4) is 0 Å². The van der Waals surface area contributed by atoms with Crippen molar-refractivity contribution in [2.75, 3.05) is 21.3 Å². The van der Waals surface area contributed by atoms with E-state index in [9.17, 15) is 9.59 Å². The number of methoxy groups -OCH3 is 3. The molecule has 0 aliphatic rings. The number of aromatic nitrogens is 1. The molecule has 2 rings (SSSR count). The Labute approximate surface area is 145 Å². The van der Waals surface area contributed by atoms with E-state index in [0.717, 1.165) is 0 Å². The van der Waals surface area contributed by atoms with Gasteiger partial charge in [0.05, 0.1) is 33.3 Å². The minimum Gasteiger partial charge on any atom is -0.493 e. The van der Waals surface area contributed by atoms with Crippen LogP contribution >= 0.6 is 0 Å². The van der Waals surface area contributed by atoms with E-state index in [2.05, 4.69) is 4.98 Å². The van der Waals surface area contributed by atoms with Crippen LogP contribution in [0.5, 0.6) is 17.2 Å². The first-order valence-corrected chi connectivity index (χ1v) is 7.59. The van der Waals surface area contributed by atoms with Crippen molar-refractivity contribution in [3.05, 3.63) is 23.4 Å². The fraction of sp³-hybridized carbons (Fsp3) is 0.353. The highest BCUT2D eigenvalue weighted by Gasteiger charge is 2.19. The third kappa shape index (κ3) is 3.90. The van der Waals surface area contributed by atoms with E-state index in [4.69, 9.17) is 25.7 Å². The largest absolute Gasteiger partial charge is 0.493 e. The fourth-order valence-corrected chi connectivity index (χ4v) is 2.67. The Bertz CT molecular complexity index is 820. The maximum atomic E-state index is 11.4. The van der Waals surface area contributed by atoms with Crippen molar-refractivity contribution >= 4 is 22.7 Å². The Hall–Kier alpha value is -3.03. The van der Waals surface area contributed by atoms with Crippen LogP contribution in [0.4, 0.5) is 0 Å². The van der Waals surface area contributed by atoms with Crippen LogP contribution in [0.2, 0.25) is 0 Å². The lowest BCUT2D eigenvalue weighted by Crippen LogP contribution is -2.17. The van der Waals surface area contributed by atoms with Gasteiger partial charge in [-0.1, -0.05) is 0 Å². The molecule has 0 spiro atoms. The molecule has 134 valence electrons. The number of carbonyl (C=O) groups is 2. The number of fused-ring (bicyclic) bond motifs is 1. The van der Waals surface area contributed by atoms with Crippen LogP contribution in [-0.4, -0.2) is 38.1 Å². The fourth-order valence-electron chi connectivity index (χ4n) is 2.67. The summed E-state index contributed by atoms with van der Waals surface area (Å²) in [6.45, 7) is 0. The van der Waals surface area contributed by atoms with Gasteiger partial charge in [0.2, 0.25) is 17.6 Å². The molecule has 0 saturated carbocycles. The second-order valence-electron chi connectivity index (χ2n) is 5.42. The molecule has 1 aromatic carbocycles. The summed E-state index contributed by atoms with van der Waals surface area (Å²) < 4.78 is 16.1. The zero-order valence-corrected chi connectivity index (χ0v) is 14.4. The number of rotatable bonds is 8. The molecule has 0 fully saturated rings. The van der Waals surface area contributed by atoms with Crippen molar-refractivity contribution in [1.82, 2.24) is 4.98 Å². The average molecular weight is 347 g/mol. The van der Waals surface area contributed by atoms with E-state index in [1.165, 1.54) is 21.3 Å². The molecule has 0 bridgehead atoms. The van der Waals surface area contributed by atoms with E-state index >= 15 is 0 Å². The van der Waals surface area contributed by atoms with Crippen LogP contribution in [0, 0.1) is 0 Å². The molecule has 8 heteroatoms. The summed E-state index contributed by atoms with van der Waals surface area (Å²) in [6, 6.07) is 3.47. The van der Waals surface area contributed by atoms with Gasteiger partial charge in [-0.15, -0.1) is 0 Å². The maximum Gasteiger partial charge on any atom is 0.221 e. The predicted octanol–water partition coefficient (Wildman–Crippen LogP) is 0.706. The van der Waals surface area contributed by atoms with Gasteiger partial charge >= 0.3 is 0 Å². The molecule has 1 aromatic heterocycles. The first-order chi connectivity index (χ1) is 11.9. The minimum atomic E-state index is -0.499. The van der Waals surface area contributed by atoms with Gasteiger partial charge in [-0.2, -0.15) is 0 Å². The van der Waals surface area contributed by atoms with Crippen molar-refractivity contribution in [3.8, 4) is 17.2 Å². The van der Waals surface area contributed by atoms with Gasteiger partial charge in [-0.25, -0.2) is 0 Å². The van der Waals surface area contributed by atoms with Gasteiger partial charge < -0.3 is 25.7 Å². The summed E-state index contributed by atoms with van der Waals surface area (Å²) in [7, 11) is 4.52. The van der Waals surface area contributed by atoms with Gasteiger partial charge in [0.1, 0.15) is 0 Å². The number of hydrogen-bond acceptors (Lipinski definition) is 6. The lowest BCUT2D eigenvalue weighted by atomic mass is 10.0. The zero-order chi connectivity index (χ0) is 18.6. The van der Waals surface area contributed by atoms with Crippen LogP contribution in [0.25, 0.3) is 10.9 Å². The van der Waals surface area contributed by atoms with Crippen LogP contribution in [-0.2, 0) is 22.4 Å². The van der Waals surface area contributed by atoms with Gasteiger partial charge in [0, 0.05) is 23.6 Å². The van der Waals surface area contributed by atoms with Crippen LogP contribution < -0.4 is 25.7 Å². The first-order valence-electron chi connectivity index (χ1n) is 7.59. The normalized spacial score (nSPS) is 10.5. The van der Waals surface area contributed by atoms with Crippen LogP contribution in [0.15, 0.2) is 12.1 Å². The highest BCUT2D eigenvalue weighted by Crippen LogP contribution is 2.43. The number of primary amides is 2. The second kappa shape index (κ2) is 7.69. The van der Waals surface area contributed by atoms with E-state index in [1.54, 1.807) is 12.1 Å². The maximum absolute atomic E-state index is 11.4. The number of aryl methyl sites for hydroxylation is 1. The zero-order valence-electron chi connectivity index (χ0n) is 14.4. The summed E-state index contributed by atoms with van der Waals surface area (Å²) in [5.74, 6) is 0.381. The molecule has 1 heterocycles. The number of benzene rings is 1. The van der Waals surface area contributed by atoms with Crippen molar-refractivity contribution in [3.63, 3.8) is 0 Å². The molecule has 2 aromatic rings. The van der Waals surface area contributed by atoms with Gasteiger partial charge in [-0.05, 0) is 18.1 Å². The lowest BCUT2D eigenvalue weighted by molar-refractivity contribution is -0.118. The number of carbonyl (C=O) groups excluding carboxylic acids is 2. The molecular formula is C17H21N3O5. The molecule has 0 aliphatic heterocycles. The Kier molecular flexibility index (Phi) is 5.63. The predicted molar refractivity (Wildman–Crippen MR) is 91.8 cm³/mol. The molecule has 2 amide bonds. The molecule has 0 atom stereocenters. The Morgan fingerprint density at radius 2 is 1.68 bits per heavy atom. The summed E-state index contributed by atoms with van der Waals surface area (Å²) >= 11 is 0. The molecule has 25 heavy (non-hydrogen) atoms. The second-order valence-corrected chi connectivity index (χ2v) is 5.42. The lowest BCUT2D eigenvalue weighted by Gasteiger charge is -2.16. The third-order valence-corrected chi connectivity index (χ3v) is 3.76. The van der Waals surface area contributed by atoms with Crippen molar-refractivity contribution in [1.29, 1.82) is 0 Å². The Balaban J connectivity index is 2.71. The molecule has 4 N–H and O–H groups in total. The standard InChI is InChI=1S/C17H21N3O5/c1-23-13-8-12-10(16(24-2)17(13)25-3)6-9(7-15(19)22)11(20-12)4-5-14(18)21/h6,8H,4-5,7H2,1-3H3,(H2,18,21)(H2,19,22). The highest BCUT2D eigenvalue weighted by molar-refractivity contribution is 5.92. The Morgan fingerprint density at radius 3 is 2.20 bits per heavy atom. The summed E-state index contributed by atoms with van der Waals surface area (Å²) in [5.41, 5.74) is 12.3.